The van der Waals surface area contributed by atoms with E-state index in [-0.39, 0.29) is 5.91 Å². The van der Waals surface area contributed by atoms with Crippen LogP contribution in [0.1, 0.15) is 21.5 Å². The van der Waals surface area contributed by atoms with Crippen LogP contribution in [-0.4, -0.2) is 37.2 Å². The fourth-order valence-corrected chi connectivity index (χ4v) is 4.29. The molecule has 0 unspecified atom stereocenters. The molecule has 1 amide bonds. The molecule has 1 fully saturated rings. The van der Waals surface area contributed by atoms with Gasteiger partial charge in [-0.1, -0.05) is 17.8 Å². The summed E-state index contributed by atoms with van der Waals surface area (Å²) in [4.78, 5) is 20.7. The van der Waals surface area contributed by atoms with Crippen LogP contribution in [0.5, 0.6) is 0 Å². The van der Waals surface area contributed by atoms with E-state index in [1.165, 1.54) is 22.9 Å². The van der Waals surface area contributed by atoms with Gasteiger partial charge in [0, 0.05) is 35.6 Å². The molecule has 5 nitrogen and oxygen atoms in total. The first-order chi connectivity index (χ1) is 14.6. The average Bonchev–Trinajstić information content (AvgIpc) is 2.78. The Labute approximate surface area is 181 Å². The number of hydrogen-bond donors (Lipinski definition) is 1. The summed E-state index contributed by atoms with van der Waals surface area (Å²) in [5.74, 6) is -0.159. The summed E-state index contributed by atoms with van der Waals surface area (Å²) >= 11 is 1.51. The summed E-state index contributed by atoms with van der Waals surface area (Å²) in [6.45, 7) is 7.46. The van der Waals surface area contributed by atoms with E-state index < -0.39 is 0 Å². The number of nitrogens with one attached hydrogen (secondary N) is 1. The number of amides is 1. The highest BCUT2D eigenvalue weighted by atomic mass is 32.2. The Kier molecular flexibility index (Phi) is 6.35. The topological polar surface area (TPSA) is 54.5 Å². The lowest BCUT2D eigenvalue weighted by Crippen LogP contribution is -2.36. The molecule has 0 saturated carbocycles. The Morgan fingerprint density at radius 1 is 1.03 bits per heavy atom. The predicted molar refractivity (Wildman–Crippen MR) is 122 cm³/mol. The number of rotatable bonds is 5. The largest absolute Gasteiger partial charge is 0.378 e. The standard InChI is InChI=1S/C24H25N3O2S/c1-17-5-10-21(16-18(17)2)30-24-22(4-3-11-25-24)23(28)26-19-6-8-20(9-7-19)27-12-14-29-15-13-27/h3-11,16H,12-15H2,1-2H3,(H,26,28). The third-order valence-electron chi connectivity index (χ3n) is 5.21. The van der Waals surface area contributed by atoms with Crippen molar-refractivity contribution in [2.45, 2.75) is 23.8 Å². The van der Waals surface area contributed by atoms with Gasteiger partial charge in [0.1, 0.15) is 5.03 Å². The molecule has 0 radical (unpaired) electrons. The summed E-state index contributed by atoms with van der Waals surface area (Å²) in [6.07, 6.45) is 1.72. The van der Waals surface area contributed by atoms with E-state index in [1.54, 1.807) is 12.3 Å². The number of carbonyl (C=O) groups is 1. The van der Waals surface area contributed by atoms with Gasteiger partial charge in [0.05, 0.1) is 18.8 Å². The van der Waals surface area contributed by atoms with Crippen LogP contribution in [-0.2, 0) is 4.74 Å². The van der Waals surface area contributed by atoms with Gasteiger partial charge in [0.2, 0.25) is 0 Å². The summed E-state index contributed by atoms with van der Waals surface area (Å²) in [6, 6.07) is 17.8. The van der Waals surface area contributed by atoms with Crippen LogP contribution in [0.2, 0.25) is 0 Å². The SMILES string of the molecule is Cc1ccc(Sc2ncccc2C(=O)Nc2ccc(N3CCOCC3)cc2)cc1C. The summed E-state index contributed by atoms with van der Waals surface area (Å²) in [7, 11) is 0. The minimum absolute atomic E-state index is 0.159. The van der Waals surface area contributed by atoms with Crippen molar-refractivity contribution in [3.63, 3.8) is 0 Å². The quantitative estimate of drug-likeness (QED) is 0.635. The van der Waals surface area contributed by atoms with Crippen molar-refractivity contribution in [3.05, 3.63) is 77.5 Å². The first-order valence-electron chi connectivity index (χ1n) is 10.0. The van der Waals surface area contributed by atoms with Crippen LogP contribution in [0.25, 0.3) is 0 Å². The number of aryl methyl sites for hydroxylation is 2. The molecule has 154 valence electrons. The molecule has 30 heavy (non-hydrogen) atoms. The van der Waals surface area contributed by atoms with Gasteiger partial charge in [0.25, 0.3) is 5.91 Å². The normalized spacial score (nSPS) is 13.9. The highest BCUT2D eigenvalue weighted by molar-refractivity contribution is 7.99. The van der Waals surface area contributed by atoms with E-state index >= 15 is 0 Å². The van der Waals surface area contributed by atoms with Crippen LogP contribution in [0, 0.1) is 13.8 Å². The van der Waals surface area contributed by atoms with Crippen LogP contribution in [0.3, 0.4) is 0 Å². The minimum atomic E-state index is -0.159. The molecule has 0 aliphatic carbocycles. The lowest BCUT2D eigenvalue weighted by Gasteiger charge is -2.28. The maximum absolute atomic E-state index is 12.9. The molecule has 2 aromatic carbocycles. The highest BCUT2D eigenvalue weighted by Gasteiger charge is 2.15. The van der Waals surface area contributed by atoms with Gasteiger partial charge < -0.3 is 15.0 Å². The Morgan fingerprint density at radius 2 is 1.80 bits per heavy atom. The van der Waals surface area contributed by atoms with Crippen molar-refractivity contribution in [1.82, 2.24) is 4.98 Å². The van der Waals surface area contributed by atoms with Crippen LogP contribution in [0.15, 0.2) is 70.7 Å². The Balaban J connectivity index is 1.47. The summed E-state index contributed by atoms with van der Waals surface area (Å²) in [5, 5.41) is 3.70. The number of morpholine rings is 1. The number of aromatic nitrogens is 1. The number of anilines is 2. The molecule has 3 aromatic rings. The zero-order valence-electron chi connectivity index (χ0n) is 17.2. The van der Waals surface area contributed by atoms with Gasteiger partial charge in [-0.25, -0.2) is 4.98 Å². The molecule has 1 N–H and O–H groups in total. The maximum Gasteiger partial charge on any atom is 0.258 e. The zero-order chi connectivity index (χ0) is 20.9. The zero-order valence-corrected chi connectivity index (χ0v) is 18.0. The fraction of sp³-hybridized carbons (Fsp3) is 0.250. The number of nitrogens with zero attached hydrogens (tertiary/aromatic N) is 2. The molecule has 0 bridgehead atoms. The number of hydrogen-bond acceptors (Lipinski definition) is 5. The lowest BCUT2D eigenvalue weighted by atomic mass is 10.1. The monoisotopic (exact) mass is 419 g/mol. The maximum atomic E-state index is 12.9. The molecule has 0 atom stereocenters. The van der Waals surface area contributed by atoms with Gasteiger partial charge >= 0.3 is 0 Å². The van der Waals surface area contributed by atoms with Gasteiger partial charge in [-0.3, -0.25) is 4.79 Å². The smallest absolute Gasteiger partial charge is 0.258 e. The van der Waals surface area contributed by atoms with Crippen LogP contribution in [0.4, 0.5) is 11.4 Å². The summed E-state index contributed by atoms with van der Waals surface area (Å²) < 4.78 is 5.41. The molecule has 0 spiro atoms. The highest BCUT2D eigenvalue weighted by Crippen LogP contribution is 2.30. The molecule has 1 aliphatic heterocycles. The molecule has 4 rings (SSSR count). The third-order valence-corrected chi connectivity index (χ3v) is 6.22. The second kappa shape index (κ2) is 9.32. The molecular formula is C24H25N3O2S. The lowest BCUT2D eigenvalue weighted by molar-refractivity contribution is 0.102. The Morgan fingerprint density at radius 3 is 2.53 bits per heavy atom. The average molecular weight is 420 g/mol. The molecular weight excluding hydrogens is 394 g/mol. The van der Waals surface area contributed by atoms with Crippen molar-refractivity contribution in [2.24, 2.45) is 0 Å². The third kappa shape index (κ3) is 4.83. The molecule has 6 heteroatoms. The van der Waals surface area contributed by atoms with Crippen LogP contribution < -0.4 is 10.2 Å². The molecule has 1 aliphatic rings. The first kappa shape index (κ1) is 20.4. The molecule has 1 saturated heterocycles. The molecule has 2 heterocycles. The second-order valence-electron chi connectivity index (χ2n) is 7.30. The van der Waals surface area contributed by atoms with Crippen molar-refractivity contribution in [3.8, 4) is 0 Å². The van der Waals surface area contributed by atoms with Crippen molar-refractivity contribution in [2.75, 3.05) is 36.5 Å². The molecule has 1 aromatic heterocycles. The fourth-order valence-electron chi connectivity index (χ4n) is 3.31. The van der Waals surface area contributed by atoms with E-state index in [9.17, 15) is 4.79 Å². The number of carbonyl (C=O) groups excluding carboxylic acids is 1. The number of ether oxygens (including phenoxy) is 1. The van der Waals surface area contributed by atoms with E-state index in [2.05, 4.69) is 47.2 Å². The van der Waals surface area contributed by atoms with Gasteiger partial charge in [0.15, 0.2) is 0 Å². The second-order valence-corrected chi connectivity index (χ2v) is 8.37. The Bertz CT molecular complexity index is 1030. The predicted octanol–water partition coefficient (Wildman–Crippen LogP) is 4.94. The number of benzene rings is 2. The van der Waals surface area contributed by atoms with Crippen molar-refractivity contribution in [1.29, 1.82) is 0 Å². The Hall–Kier alpha value is -2.83. The van der Waals surface area contributed by atoms with E-state index in [0.717, 1.165) is 42.6 Å². The van der Waals surface area contributed by atoms with Crippen molar-refractivity contribution < 1.29 is 9.53 Å². The van der Waals surface area contributed by atoms with E-state index in [1.807, 2.05) is 30.3 Å². The minimum Gasteiger partial charge on any atom is -0.378 e. The summed E-state index contributed by atoms with van der Waals surface area (Å²) in [5.41, 5.74) is 4.95. The van der Waals surface area contributed by atoms with Crippen LogP contribution >= 0.6 is 11.8 Å². The van der Waals surface area contributed by atoms with Gasteiger partial charge in [-0.05, 0) is 73.5 Å². The van der Waals surface area contributed by atoms with E-state index in [0.29, 0.717) is 10.6 Å². The van der Waals surface area contributed by atoms with E-state index in [4.69, 9.17) is 4.74 Å². The van der Waals surface area contributed by atoms with Crippen molar-refractivity contribution >= 4 is 29.0 Å². The number of pyridine rings is 1. The van der Waals surface area contributed by atoms with Gasteiger partial charge in [-0.15, -0.1) is 0 Å². The van der Waals surface area contributed by atoms with Gasteiger partial charge in [-0.2, -0.15) is 0 Å². The first-order valence-corrected chi connectivity index (χ1v) is 10.9.